The summed E-state index contributed by atoms with van der Waals surface area (Å²) < 4.78 is 13.5. The molecule has 1 amide bonds. The average Bonchev–Trinajstić information content (AvgIpc) is 3.18. The summed E-state index contributed by atoms with van der Waals surface area (Å²) in [6, 6.07) is 14.2. The van der Waals surface area contributed by atoms with Gasteiger partial charge in [-0.15, -0.1) is 0 Å². The molecule has 2 heterocycles. The highest BCUT2D eigenvalue weighted by Crippen LogP contribution is 2.39. The lowest BCUT2D eigenvalue weighted by Gasteiger charge is -2.33. The van der Waals surface area contributed by atoms with Crippen molar-refractivity contribution < 1.29 is 14.3 Å². The molecule has 1 saturated heterocycles. The molecule has 0 unspecified atom stereocenters. The van der Waals surface area contributed by atoms with Crippen molar-refractivity contribution >= 4 is 16.9 Å². The van der Waals surface area contributed by atoms with Crippen LogP contribution in [0.1, 0.15) is 32.2 Å². The molecule has 6 nitrogen and oxygen atoms in total. The number of amides is 1. The van der Waals surface area contributed by atoms with Gasteiger partial charge >= 0.3 is 0 Å². The van der Waals surface area contributed by atoms with Crippen LogP contribution in [0.3, 0.4) is 0 Å². The zero-order valence-corrected chi connectivity index (χ0v) is 17.2. The number of para-hydroxylation sites is 2. The third-order valence-electron chi connectivity index (χ3n) is 5.74. The minimum atomic E-state index is 0.227. The van der Waals surface area contributed by atoms with Gasteiger partial charge in [0.1, 0.15) is 22.8 Å². The maximum atomic E-state index is 12.1. The Bertz CT molecular complexity index is 1020. The van der Waals surface area contributed by atoms with E-state index in [4.69, 9.17) is 14.5 Å². The van der Waals surface area contributed by atoms with Crippen LogP contribution < -0.4 is 9.47 Å². The topological polar surface area (TPSA) is 56.6 Å². The highest BCUT2D eigenvalue weighted by molar-refractivity contribution is 5.87. The number of hydrogen-bond donors (Lipinski definition) is 0. The molecule has 1 fully saturated rings. The summed E-state index contributed by atoms with van der Waals surface area (Å²) >= 11 is 0. The van der Waals surface area contributed by atoms with Crippen LogP contribution in [0.5, 0.6) is 11.5 Å². The molecule has 3 aromatic rings. The number of carbonyl (C=O) groups is 1. The average molecular weight is 393 g/mol. The van der Waals surface area contributed by atoms with Gasteiger partial charge in [0.25, 0.3) is 0 Å². The van der Waals surface area contributed by atoms with Crippen molar-refractivity contribution in [1.82, 2.24) is 14.5 Å². The lowest BCUT2D eigenvalue weighted by atomic mass is 10.0. The fraction of sp³-hybridized carbons (Fsp3) is 0.391. The van der Waals surface area contributed by atoms with Crippen molar-refractivity contribution in [2.24, 2.45) is 0 Å². The van der Waals surface area contributed by atoms with Crippen LogP contribution >= 0.6 is 0 Å². The molecule has 1 aromatic heterocycles. The summed E-state index contributed by atoms with van der Waals surface area (Å²) in [7, 11) is 3.35. The third-order valence-corrected chi connectivity index (χ3v) is 5.74. The maximum absolute atomic E-state index is 12.1. The number of hydrogen-bond acceptors (Lipinski definition) is 4. The van der Waals surface area contributed by atoms with E-state index in [9.17, 15) is 4.79 Å². The predicted octanol–water partition coefficient (Wildman–Crippen LogP) is 4.29. The van der Waals surface area contributed by atoms with E-state index in [2.05, 4.69) is 10.6 Å². The van der Waals surface area contributed by atoms with Gasteiger partial charge in [0.05, 0.1) is 25.3 Å². The number of fused-ring (bicyclic) bond motifs is 1. The number of rotatable bonds is 5. The van der Waals surface area contributed by atoms with Crippen molar-refractivity contribution in [2.45, 2.75) is 32.2 Å². The number of carbonyl (C=O) groups excluding carboxylic acids is 1. The molecule has 0 aliphatic carbocycles. The Balaban J connectivity index is 1.83. The standard InChI is InChI=1S/C23H27N3O3/c1-4-21(27)25-14-12-16(13-15-25)26-18-9-7-11-20(29-3)22(18)24-23(26)17-8-5-6-10-19(17)28-2/h5-11,16H,4,12-15H2,1-3H3. The molecule has 0 radical (unpaired) electrons. The number of aromatic nitrogens is 2. The van der Waals surface area contributed by atoms with Crippen molar-refractivity contribution in [3.63, 3.8) is 0 Å². The van der Waals surface area contributed by atoms with E-state index >= 15 is 0 Å². The minimum absolute atomic E-state index is 0.227. The number of piperidine rings is 1. The molecule has 152 valence electrons. The zero-order valence-electron chi connectivity index (χ0n) is 17.2. The largest absolute Gasteiger partial charge is 0.496 e. The normalized spacial score (nSPS) is 14.9. The van der Waals surface area contributed by atoms with Crippen LogP contribution in [-0.4, -0.2) is 47.7 Å². The quantitative estimate of drug-likeness (QED) is 0.649. The summed E-state index contributed by atoms with van der Waals surface area (Å²) in [6.45, 7) is 3.46. The highest BCUT2D eigenvalue weighted by Gasteiger charge is 2.28. The monoisotopic (exact) mass is 393 g/mol. The second kappa shape index (κ2) is 8.15. The SMILES string of the molecule is CCC(=O)N1CCC(n2c(-c3ccccc3OC)nc3c(OC)cccc32)CC1. The first-order chi connectivity index (χ1) is 14.2. The summed E-state index contributed by atoms with van der Waals surface area (Å²) in [5, 5.41) is 0. The Morgan fingerprint density at radius 2 is 1.72 bits per heavy atom. The second-order valence-electron chi connectivity index (χ2n) is 7.30. The van der Waals surface area contributed by atoms with Crippen LogP contribution in [0.4, 0.5) is 0 Å². The molecular weight excluding hydrogens is 366 g/mol. The Morgan fingerprint density at radius 1 is 1.03 bits per heavy atom. The van der Waals surface area contributed by atoms with E-state index in [-0.39, 0.29) is 11.9 Å². The summed E-state index contributed by atoms with van der Waals surface area (Å²) in [5.41, 5.74) is 2.86. The van der Waals surface area contributed by atoms with E-state index in [0.717, 1.165) is 59.9 Å². The van der Waals surface area contributed by atoms with Gasteiger partial charge in [-0.3, -0.25) is 4.79 Å². The van der Waals surface area contributed by atoms with Crippen molar-refractivity contribution in [2.75, 3.05) is 27.3 Å². The van der Waals surface area contributed by atoms with Crippen LogP contribution in [0.15, 0.2) is 42.5 Å². The minimum Gasteiger partial charge on any atom is -0.496 e. The van der Waals surface area contributed by atoms with Crippen molar-refractivity contribution in [3.8, 4) is 22.9 Å². The van der Waals surface area contributed by atoms with Gasteiger partial charge in [-0.1, -0.05) is 25.1 Å². The Kier molecular flexibility index (Phi) is 5.43. The smallest absolute Gasteiger partial charge is 0.222 e. The first-order valence-corrected chi connectivity index (χ1v) is 10.1. The highest BCUT2D eigenvalue weighted by atomic mass is 16.5. The van der Waals surface area contributed by atoms with Gasteiger partial charge in [-0.2, -0.15) is 0 Å². The molecule has 2 aromatic carbocycles. The van der Waals surface area contributed by atoms with Gasteiger partial charge in [-0.25, -0.2) is 4.98 Å². The second-order valence-corrected chi connectivity index (χ2v) is 7.30. The van der Waals surface area contributed by atoms with E-state index in [0.29, 0.717) is 6.42 Å². The molecule has 0 atom stereocenters. The number of methoxy groups -OCH3 is 2. The molecule has 4 rings (SSSR count). The van der Waals surface area contributed by atoms with Crippen LogP contribution in [0, 0.1) is 0 Å². The summed E-state index contributed by atoms with van der Waals surface area (Å²) in [6.07, 6.45) is 2.36. The molecular formula is C23H27N3O3. The fourth-order valence-electron chi connectivity index (χ4n) is 4.24. The number of ether oxygens (including phenoxy) is 2. The Labute approximate surface area is 171 Å². The molecule has 0 saturated carbocycles. The summed E-state index contributed by atoms with van der Waals surface area (Å²) in [4.78, 5) is 19.1. The van der Waals surface area contributed by atoms with Gasteiger partial charge in [0.2, 0.25) is 5.91 Å². The first-order valence-electron chi connectivity index (χ1n) is 10.1. The maximum Gasteiger partial charge on any atom is 0.222 e. The first kappa shape index (κ1) is 19.3. The van der Waals surface area contributed by atoms with E-state index < -0.39 is 0 Å². The number of benzene rings is 2. The van der Waals surface area contributed by atoms with E-state index in [1.54, 1.807) is 14.2 Å². The third kappa shape index (κ3) is 3.43. The summed E-state index contributed by atoms with van der Waals surface area (Å²) in [5.74, 6) is 2.66. The van der Waals surface area contributed by atoms with E-state index in [1.807, 2.05) is 48.2 Å². The van der Waals surface area contributed by atoms with Gasteiger partial charge in [-0.05, 0) is 37.1 Å². The zero-order chi connectivity index (χ0) is 20.4. The van der Waals surface area contributed by atoms with Crippen LogP contribution in [-0.2, 0) is 4.79 Å². The lowest BCUT2D eigenvalue weighted by Crippen LogP contribution is -2.38. The fourth-order valence-corrected chi connectivity index (χ4v) is 4.24. The van der Waals surface area contributed by atoms with E-state index in [1.165, 1.54) is 0 Å². The van der Waals surface area contributed by atoms with Gasteiger partial charge in [0.15, 0.2) is 0 Å². The van der Waals surface area contributed by atoms with Gasteiger partial charge < -0.3 is 18.9 Å². The van der Waals surface area contributed by atoms with Crippen molar-refractivity contribution in [3.05, 3.63) is 42.5 Å². The molecule has 0 N–H and O–H groups in total. The molecule has 0 spiro atoms. The van der Waals surface area contributed by atoms with Gasteiger partial charge in [0, 0.05) is 25.6 Å². The Morgan fingerprint density at radius 3 is 2.41 bits per heavy atom. The predicted molar refractivity (Wildman–Crippen MR) is 113 cm³/mol. The number of imidazole rings is 1. The van der Waals surface area contributed by atoms with Crippen LogP contribution in [0.25, 0.3) is 22.4 Å². The molecule has 6 heteroatoms. The molecule has 29 heavy (non-hydrogen) atoms. The lowest BCUT2D eigenvalue weighted by molar-refractivity contribution is -0.132. The molecule has 0 bridgehead atoms. The Hall–Kier alpha value is -3.02. The van der Waals surface area contributed by atoms with Crippen LogP contribution in [0.2, 0.25) is 0 Å². The van der Waals surface area contributed by atoms with Crippen molar-refractivity contribution in [1.29, 1.82) is 0 Å². The molecule has 1 aliphatic heterocycles. The number of likely N-dealkylation sites (tertiary alicyclic amines) is 1. The number of nitrogens with zero attached hydrogens (tertiary/aromatic N) is 3. The molecule has 1 aliphatic rings.